The van der Waals surface area contributed by atoms with Gasteiger partial charge in [-0.25, -0.2) is 0 Å². The summed E-state index contributed by atoms with van der Waals surface area (Å²) >= 11 is 0. The number of aldehydes is 1. The lowest BCUT2D eigenvalue weighted by molar-refractivity contribution is -0.182. The van der Waals surface area contributed by atoms with Crippen molar-refractivity contribution in [2.75, 3.05) is 33.7 Å². The van der Waals surface area contributed by atoms with Gasteiger partial charge < -0.3 is 19.7 Å². The molecule has 1 saturated heterocycles. The summed E-state index contributed by atoms with van der Waals surface area (Å²) in [6.45, 7) is 11.7. The molecular formula is C36H58N2O3. The molecule has 7 unspecified atom stereocenters. The van der Waals surface area contributed by atoms with Gasteiger partial charge in [-0.3, -0.25) is 4.79 Å². The molecule has 6 aliphatic rings. The molecule has 230 valence electrons. The van der Waals surface area contributed by atoms with Crippen LogP contribution >= 0.6 is 0 Å². The van der Waals surface area contributed by atoms with Gasteiger partial charge in [-0.1, -0.05) is 70.9 Å². The maximum Gasteiger partial charge on any atom is 0.141 e. The summed E-state index contributed by atoms with van der Waals surface area (Å²) in [5.41, 5.74) is -0.246. The van der Waals surface area contributed by atoms with Gasteiger partial charge in [0.1, 0.15) is 12.1 Å². The van der Waals surface area contributed by atoms with Crippen molar-refractivity contribution in [3.8, 4) is 0 Å². The van der Waals surface area contributed by atoms with Crippen LogP contribution in [-0.4, -0.2) is 62.9 Å². The SMILES string of the molecule is CNCCN(C)CC1OC(C23C[C@@H]4[C@H](C)CC[C@H]4C4(C=O)CC2C=C(C(C)C)C34C(C)=O)CC1CC1CCCCC1. The monoisotopic (exact) mass is 566 g/mol. The number of Topliss-reactive ketones (excluding diaryl/α,β-unsaturated/α-hetero) is 1. The van der Waals surface area contributed by atoms with Crippen LogP contribution in [0.2, 0.25) is 0 Å². The molecule has 5 nitrogen and oxygen atoms in total. The normalized spacial score (nSPS) is 45.5. The smallest absolute Gasteiger partial charge is 0.141 e. The Morgan fingerprint density at radius 3 is 2.59 bits per heavy atom. The van der Waals surface area contributed by atoms with Crippen LogP contribution in [-0.2, 0) is 14.3 Å². The number of rotatable bonds is 11. The molecule has 0 spiro atoms. The number of carbonyl (C=O) groups excluding carboxylic acids is 2. The van der Waals surface area contributed by atoms with Crippen LogP contribution in [0.1, 0.15) is 98.3 Å². The zero-order valence-corrected chi connectivity index (χ0v) is 26.9. The molecule has 10 atom stereocenters. The molecular weight excluding hydrogens is 508 g/mol. The molecule has 4 bridgehead atoms. The second kappa shape index (κ2) is 11.1. The fourth-order valence-electron chi connectivity index (χ4n) is 12.3. The average Bonchev–Trinajstić information content (AvgIpc) is 3.65. The predicted octanol–water partition coefficient (Wildman–Crippen LogP) is 6.31. The predicted molar refractivity (Wildman–Crippen MR) is 164 cm³/mol. The second-order valence-corrected chi connectivity index (χ2v) is 15.9. The van der Waals surface area contributed by atoms with Gasteiger partial charge in [-0.2, -0.15) is 0 Å². The van der Waals surface area contributed by atoms with Crippen molar-refractivity contribution in [3.05, 3.63) is 11.6 Å². The quantitative estimate of drug-likeness (QED) is 0.235. The Kier molecular flexibility index (Phi) is 8.16. The Labute approximate surface area is 250 Å². The molecule has 1 N–H and O–H groups in total. The zero-order chi connectivity index (χ0) is 29.2. The topological polar surface area (TPSA) is 58.6 Å². The lowest BCUT2D eigenvalue weighted by Gasteiger charge is -2.61. The van der Waals surface area contributed by atoms with Crippen molar-refractivity contribution in [1.29, 1.82) is 0 Å². The van der Waals surface area contributed by atoms with Crippen LogP contribution in [0, 0.1) is 57.7 Å². The number of nitrogens with one attached hydrogen (secondary N) is 1. The molecule has 1 heterocycles. The number of hydrogen-bond acceptors (Lipinski definition) is 5. The van der Waals surface area contributed by atoms with E-state index in [0.717, 1.165) is 51.2 Å². The van der Waals surface area contributed by atoms with Gasteiger partial charge in [0.15, 0.2) is 0 Å². The van der Waals surface area contributed by atoms with Crippen LogP contribution in [0.5, 0.6) is 0 Å². The Bertz CT molecular complexity index is 1030. The highest BCUT2D eigenvalue weighted by Gasteiger charge is 2.84. The average molecular weight is 567 g/mol. The molecule has 0 radical (unpaired) electrons. The molecule has 0 aromatic rings. The van der Waals surface area contributed by atoms with E-state index in [1.165, 1.54) is 56.8 Å². The highest BCUT2D eigenvalue weighted by atomic mass is 16.5. The molecule has 5 heteroatoms. The number of nitrogens with zero attached hydrogens (tertiary/aromatic N) is 1. The summed E-state index contributed by atoms with van der Waals surface area (Å²) in [6.07, 6.45) is 17.5. The van der Waals surface area contributed by atoms with Crippen molar-refractivity contribution in [2.24, 2.45) is 57.7 Å². The van der Waals surface area contributed by atoms with Gasteiger partial charge in [0.2, 0.25) is 0 Å². The van der Waals surface area contributed by atoms with E-state index in [1.54, 1.807) is 0 Å². The molecule has 0 amide bonds. The Balaban J connectivity index is 1.42. The van der Waals surface area contributed by atoms with E-state index in [2.05, 4.69) is 44.1 Å². The second-order valence-electron chi connectivity index (χ2n) is 15.9. The lowest BCUT2D eigenvalue weighted by Crippen LogP contribution is -2.64. The molecule has 4 saturated carbocycles. The van der Waals surface area contributed by atoms with E-state index in [-0.39, 0.29) is 35.2 Å². The molecule has 5 fully saturated rings. The van der Waals surface area contributed by atoms with Crippen LogP contribution in [0.25, 0.3) is 0 Å². The van der Waals surface area contributed by atoms with E-state index < -0.39 is 10.8 Å². The number of hydrogen-bond donors (Lipinski definition) is 1. The molecule has 0 aromatic heterocycles. The van der Waals surface area contributed by atoms with E-state index in [9.17, 15) is 9.59 Å². The minimum atomic E-state index is -0.696. The largest absolute Gasteiger partial charge is 0.373 e. The third-order valence-electron chi connectivity index (χ3n) is 13.8. The standard InChI is InChI=1S/C36H58N2O3/c1-23(2)31-18-28-19-34(22-39)30-13-12-24(3)29(30)20-35(28,36(31,34)25(4)40)33-17-27(16-26-10-8-7-9-11-26)32(41-33)21-38(6)15-14-37-5/h18,22-24,26-30,32-33,37H,7-17,19-21H2,1-6H3/t24-,27?,28?,29-,30-,32?,33?,34?,35?,36?/m1/s1. The Hall–Kier alpha value is -1.04. The zero-order valence-electron chi connectivity index (χ0n) is 26.9. The maximum atomic E-state index is 14.5. The molecule has 0 aromatic carbocycles. The van der Waals surface area contributed by atoms with Gasteiger partial charge in [-0.05, 0) is 94.5 Å². The molecule has 5 aliphatic carbocycles. The minimum Gasteiger partial charge on any atom is -0.373 e. The number of allylic oxidation sites excluding steroid dienone is 2. The third kappa shape index (κ3) is 4.17. The minimum absolute atomic E-state index is 0.0516. The van der Waals surface area contributed by atoms with Gasteiger partial charge in [0, 0.05) is 30.5 Å². The first-order chi connectivity index (χ1) is 19.7. The Morgan fingerprint density at radius 2 is 1.93 bits per heavy atom. The van der Waals surface area contributed by atoms with E-state index in [1.807, 2.05) is 14.0 Å². The summed E-state index contributed by atoms with van der Waals surface area (Å²) in [5.74, 6) is 3.61. The van der Waals surface area contributed by atoms with E-state index in [4.69, 9.17) is 4.74 Å². The summed E-state index contributed by atoms with van der Waals surface area (Å²) < 4.78 is 7.42. The van der Waals surface area contributed by atoms with Gasteiger partial charge in [0.05, 0.1) is 17.6 Å². The first-order valence-corrected chi connectivity index (χ1v) is 17.3. The lowest BCUT2D eigenvalue weighted by atomic mass is 9.40. The summed E-state index contributed by atoms with van der Waals surface area (Å²) in [6, 6.07) is 0. The van der Waals surface area contributed by atoms with E-state index >= 15 is 0 Å². The van der Waals surface area contributed by atoms with Crippen molar-refractivity contribution >= 4 is 12.1 Å². The van der Waals surface area contributed by atoms with Crippen molar-refractivity contribution < 1.29 is 14.3 Å². The van der Waals surface area contributed by atoms with Crippen LogP contribution < -0.4 is 5.32 Å². The van der Waals surface area contributed by atoms with Crippen molar-refractivity contribution in [2.45, 2.75) is 111 Å². The highest BCUT2D eigenvalue weighted by molar-refractivity contribution is 5.95. The summed E-state index contributed by atoms with van der Waals surface area (Å²) in [4.78, 5) is 30.5. The summed E-state index contributed by atoms with van der Waals surface area (Å²) in [7, 11) is 4.26. The fraction of sp³-hybridized carbons (Fsp3) is 0.889. The van der Waals surface area contributed by atoms with Crippen LogP contribution in [0.3, 0.4) is 0 Å². The number of fused-ring (bicyclic) bond motifs is 2. The van der Waals surface area contributed by atoms with Crippen molar-refractivity contribution in [1.82, 2.24) is 10.2 Å². The number of ether oxygens (including phenoxy) is 1. The Morgan fingerprint density at radius 1 is 1.17 bits per heavy atom. The first-order valence-electron chi connectivity index (χ1n) is 17.3. The first kappa shape index (κ1) is 30.0. The molecule has 1 aliphatic heterocycles. The summed E-state index contributed by atoms with van der Waals surface area (Å²) in [5, 5.41) is 3.31. The number of likely N-dealkylation sites (N-methyl/N-ethyl adjacent to an activating group) is 2. The van der Waals surface area contributed by atoms with Gasteiger partial charge in [0.25, 0.3) is 0 Å². The van der Waals surface area contributed by atoms with Crippen LogP contribution in [0.15, 0.2) is 11.6 Å². The fourth-order valence-corrected chi connectivity index (χ4v) is 12.3. The third-order valence-corrected chi connectivity index (χ3v) is 13.8. The number of carbonyl (C=O) groups is 2. The van der Waals surface area contributed by atoms with Gasteiger partial charge >= 0.3 is 0 Å². The number of ketones is 1. The van der Waals surface area contributed by atoms with Gasteiger partial charge in [-0.15, -0.1) is 0 Å². The van der Waals surface area contributed by atoms with Crippen molar-refractivity contribution in [3.63, 3.8) is 0 Å². The molecule has 41 heavy (non-hydrogen) atoms. The van der Waals surface area contributed by atoms with Crippen LogP contribution in [0.4, 0.5) is 0 Å². The highest BCUT2D eigenvalue weighted by Crippen LogP contribution is 2.84. The van der Waals surface area contributed by atoms with E-state index in [0.29, 0.717) is 23.7 Å². The molecule has 6 rings (SSSR count). The maximum absolute atomic E-state index is 14.5.